The number of benzene rings is 1. The Hall–Kier alpha value is -0.366. The molecule has 1 aromatic rings. The van der Waals surface area contributed by atoms with Crippen molar-refractivity contribution >= 4 is 38.7 Å². The van der Waals surface area contributed by atoms with Crippen molar-refractivity contribution in [2.45, 2.75) is 0 Å². The van der Waals surface area contributed by atoms with E-state index in [0.717, 1.165) is 0 Å². The summed E-state index contributed by atoms with van der Waals surface area (Å²) in [5.74, 6) is 0. The summed E-state index contributed by atoms with van der Waals surface area (Å²) in [7, 11) is 5.19. The van der Waals surface area contributed by atoms with Crippen LogP contribution in [0.5, 0.6) is 0 Å². The molecule has 0 saturated carbocycles. The first-order valence-electron chi connectivity index (χ1n) is 3.00. The van der Waals surface area contributed by atoms with Crippen LogP contribution in [0.15, 0.2) is 30.3 Å². The molecule has 0 amide bonds. The van der Waals surface area contributed by atoms with Gasteiger partial charge in [0.1, 0.15) is 0 Å². The van der Waals surface area contributed by atoms with Gasteiger partial charge < -0.3 is 4.12 Å². The molecule has 0 spiro atoms. The number of rotatable bonds is 1. The molecule has 1 rings (SSSR count). The van der Waals surface area contributed by atoms with Crippen molar-refractivity contribution < 1.29 is 8.91 Å². The van der Waals surface area contributed by atoms with Gasteiger partial charge in [-0.2, -0.15) is 0 Å². The van der Waals surface area contributed by atoms with Gasteiger partial charge >= 0.3 is 0 Å². The first-order chi connectivity index (χ1) is 5.72. The van der Waals surface area contributed by atoms with E-state index in [1.54, 1.807) is 12.1 Å². The molecule has 0 saturated heterocycles. The van der Waals surface area contributed by atoms with Crippen LogP contribution in [0.1, 0.15) is 10.4 Å². The van der Waals surface area contributed by atoms with Crippen molar-refractivity contribution in [3.63, 3.8) is 0 Å². The summed E-state index contributed by atoms with van der Waals surface area (Å²) in [6, 6.07) is 8.94. The summed E-state index contributed by atoms with van der Waals surface area (Å²) in [5, 5.41) is -0.185. The molecule has 0 bridgehead atoms. The molecule has 1 aromatic carbocycles. The van der Waals surface area contributed by atoms with E-state index in [1.165, 1.54) is 0 Å². The normalized spacial score (nSPS) is 8.25. The third-order valence-electron chi connectivity index (χ3n) is 1.02. The van der Waals surface area contributed by atoms with E-state index in [4.69, 9.17) is 0 Å². The van der Waals surface area contributed by atoms with E-state index < -0.39 is 0 Å². The predicted octanol–water partition coefficient (Wildman–Crippen LogP) is 0.927. The number of thiol groups is 1. The third kappa shape index (κ3) is 5.31. The standard InChI is InChI=1S/C7H6OS.OSi2/c8-7(9)6-4-2-1-3-5-6;2-1-3/h1-5H,(H,8,9);. The highest BCUT2D eigenvalue weighted by Gasteiger charge is 1.94. The summed E-state index contributed by atoms with van der Waals surface area (Å²) in [6.07, 6.45) is 0. The molecule has 0 aliphatic carbocycles. The monoisotopic (exact) mass is 210 g/mol. The van der Waals surface area contributed by atoms with Gasteiger partial charge in [0.25, 0.3) is 0 Å². The first kappa shape index (κ1) is 11.6. The van der Waals surface area contributed by atoms with Crippen molar-refractivity contribution in [3.8, 4) is 0 Å². The van der Waals surface area contributed by atoms with Gasteiger partial charge in [0.05, 0.1) is 0 Å². The second-order valence-electron chi connectivity index (χ2n) is 1.77. The van der Waals surface area contributed by atoms with Gasteiger partial charge in [0.15, 0.2) is 0 Å². The molecule has 60 valence electrons. The van der Waals surface area contributed by atoms with E-state index in [1.807, 2.05) is 18.2 Å². The summed E-state index contributed by atoms with van der Waals surface area (Å²) >= 11 is 3.65. The fourth-order valence-corrected chi connectivity index (χ4v) is 0.730. The second-order valence-corrected chi connectivity index (χ2v) is 3.00. The number of carbonyl (C=O) groups is 1. The Morgan fingerprint density at radius 1 is 1.25 bits per heavy atom. The van der Waals surface area contributed by atoms with Crippen molar-refractivity contribution in [1.29, 1.82) is 0 Å². The summed E-state index contributed by atoms with van der Waals surface area (Å²) in [5.41, 5.74) is 0.640. The highest BCUT2D eigenvalue weighted by Crippen LogP contribution is 2.00. The third-order valence-corrected chi connectivity index (χ3v) is 1.28. The average Bonchev–Trinajstić information content (AvgIpc) is 2.07. The van der Waals surface area contributed by atoms with Crippen LogP contribution in [-0.4, -0.2) is 26.1 Å². The summed E-state index contributed by atoms with van der Waals surface area (Å²) in [4.78, 5) is 10.5. The quantitative estimate of drug-likeness (QED) is 0.551. The minimum absolute atomic E-state index is 0.185. The van der Waals surface area contributed by atoms with E-state index in [2.05, 4.69) is 37.7 Å². The Labute approximate surface area is 83.8 Å². The Morgan fingerprint density at radius 3 is 1.92 bits per heavy atom. The molecular weight excluding hydrogens is 204 g/mol. The smallest absolute Gasteiger partial charge is 0.229 e. The Balaban J connectivity index is 0.000000354. The van der Waals surface area contributed by atoms with Crippen molar-refractivity contribution in [2.24, 2.45) is 0 Å². The Morgan fingerprint density at radius 2 is 1.67 bits per heavy atom. The number of hydrogen-bond acceptors (Lipinski definition) is 2. The van der Waals surface area contributed by atoms with Crippen LogP contribution in [0.2, 0.25) is 0 Å². The number of hydrogen-bond donors (Lipinski definition) is 1. The topological polar surface area (TPSA) is 26.3 Å². The molecule has 0 aromatic heterocycles. The average molecular weight is 210 g/mol. The highest BCUT2D eigenvalue weighted by molar-refractivity contribution is 7.97. The minimum Gasteiger partial charge on any atom is -0.458 e. The maximum atomic E-state index is 10.5. The van der Waals surface area contributed by atoms with Crippen LogP contribution in [0.3, 0.4) is 0 Å². The van der Waals surface area contributed by atoms with Crippen LogP contribution in [0.4, 0.5) is 0 Å². The lowest BCUT2D eigenvalue weighted by Gasteiger charge is -1.88. The lowest BCUT2D eigenvalue weighted by Crippen LogP contribution is -1.84. The van der Waals surface area contributed by atoms with Crippen LogP contribution in [-0.2, 0) is 4.12 Å². The van der Waals surface area contributed by atoms with Crippen molar-refractivity contribution in [3.05, 3.63) is 35.9 Å². The first-order valence-corrected chi connectivity index (χ1v) is 4.26. The van der Waals surface area contributed by atoms with Gasteiger partial charge in [-0.1, -0.05) is 30.3 Å². The van der Waals surface area contributed by atoms with Crippen LogP contribution >= 0.6 is 12.6 Å². The highest BCUT2D eigenvalue weighted by atomic mass is 32.1. The van der Waals surface area contributed by atoms with Gasteiger partial charge in [0, 0.05) is 5.56 Å². The fourth-order valence-electron chi connectivity index (χ4n) is 0.581. The lowest BCUT2D eigenvalue weighted by atomic mass is 10.2. The van der Waals surface area contributed by atoms with Gasteiger partial charge in [-0.05, 0) is 0 Å². The number of carbonyl (C=O) groups excluding carboxylic acids is 1. The van der Waals surface area contributed by atoms with Gasteiger partial charge in [0.2, 0.25) is 26.1 Å². The second kappa shape index (κ2) is 7.29. The molecule has 6 radical (unpaired) electrons. The van der Waals surface area contributed by atoms with Crippen LogP contribution in [0, 0.1) is 0 Å². The molecule has 0 N–H and O–H groups in total. The van der Waals surface area contributed by atoms with Crippen LogP contribution < -0.4 is 0 Å². The molecule has 0 atom stereocenters. The van der Waals surface area contributed by atoms with Crippen molar-refractivity contribution in [2.75, 3.05) is 0 Å². The van der Waals surface area contributed by atoms with Gasteiger partial charge in [-0.15, -0.1) is 12.6 Å². The van der Waals surface area contributed by atoms with Gasteiger partial charge in [-0.3, -0.25) is 4.79 Å². The maximum Gasteiger partial charge on any atom is 0.229 e. The van der Waals surface area contributed by atoms with Crippen molar-refractivity contribution in [1.82, 2.24) is 0 Å². The van der Waals surface area contributed by atoms with E-state index >= 15 is 0 Å². The molecule has 5 heteroatoms. The molecule has 2 nitrogen and oxygen atoms in total. The Bertz CT molecular complexity index is 228. The molecular formula is C7H6O2SSi2. The zero-order valence-corrected chi connectivity index (χ0v) is 9.04. The molecule has 0 unspecified atom stereocenters. The molecule has 0 fully saturated rings. The molecule has 0 aliphatic rings. The van der Waals surface area contributed by atoms with Crippen LogP contribution in [0.25, 0.3) is 0 Å². The molecule has 0 aliphatic heterocycles. The SMILES string of the molecule is O=C(S)c1ccccc1.[Si]O[Si]. The van der Waals surface area contributed by atoms with Gasteiger partial charge in [-0.25, -0.2) is 0 Å². The maximum absolute atomic E-state index is 10.5. The lowest BCUT2D eigenvalue weighted by molar-refractivity contribution is 0.109. The van der Waals surface area contributed by atoms with E-state index in [9.17, 15) is 4.79 Å². The molecule has 0 heterocycles. The Kier molecular flexibility index (Phi) is 7.07. The predicted molar refractivity (Wildman–Crippen MR) is 52.4 cm³/mol. The summed E-state index contributed by atoms with van der Waals surface area (Å²) in [6.45, 7) is 0. The van der Waals surface area contributed by atoms with E-state index in [0.29, 0.717) is 5.56 Å². The minimum atomic E-state index is -0.185. The van der Waals surface area contributed by atoms with E-state index in [-0.39, 0.29) is 5.12 Å². The zero-order chi connectivity index (χ0) is 9.40. The fraction of sp³-hybridized carbons (Fsp3) is 0. The largest absolute Gasteiger partial charge is 0.458 e. The zero-order valence-electron chi connectivity index (χ0n) is 6.15. The summed E-state index contributed by atoms with van der Waals surface area (Å²) < 4.78 is 3.86. The molecule has 12 heavy (non-hydrogen) atoms.